The van der Waals surface area contributed by atoms with Crippen molar-refractivity contribution in [3.05, 3.63) is 0 Å². The standard InChI is InChI=1S/C12H20N2O7/c1-14-8-6(15)4-20-7-3-12(11(18)19,21-9(7)8)2-5(13)10(16)17/h5-9,14-15H,2-4,13H2,1H3,(H,16,17)(H,18,19)/p-2/t5-,6+,7+,8+,9-,12+/m0/s1. The number of aliphatic carboxylic acids is 2. The first kappa shape index (κ1) is 16.1. The van der Waals surface area contributed by atoms with Crippen molar-refractivity contribution in [1.29, 1.82) is 0 Å². The van der Waals surface area contributed by atoms with E-state index < -0.39 is 54.4 Å². The second-order valence-corrected chi connectivity index (χ2v) is 5.45. The third-order valence-corrected chi connectivity index (χ3v) is 4.07. The van der Waals surface area contributed by atoms with Gasteiger partial charge in [0.15, 0.2) is 0 Å². The molecule has 2 aliphatic heterocycles. The molecular weight excluding hydrogens is 284 g/mol. The fraction of sp³-hybridized carbons (Fsp3) is 0.833. The maximum Gasteiger partial charge on any atom is 0.112 e. The van der Waals surface area contributed by atoms with E-state index in [1.807, 2.05) is 0 Å². The Morgan fingerprint density at radius 3 is 2.71 bits per heavy atom. The number of nitrogens with one attached hydrogen (secondary N) is 1. The Morgan fingerprint density at radius 1 is 1.52 bits per heavy atom. The fourth-order valence-corrected chi connectivity index (χ4v) is 2.97. The molecule has 0 radical (unpaired) electrons. The quantitative estimate of drug-likeness (QED) is 0.452. The molecule has 9 heteroatoms. The van der Waals surface area contributed by atoms with Gasteiger partial charge in [-0.15, -0.1) is 0 Å². The average Bonchev–Trinajstić information content (AvgIpc) is 2.78. The van der Waals surface area contributed by atoms with Crippen LogP contribution < -0.4 is 21.3 Å². The van der Waals surface area contributed by atoms with Crippen LogP contribution in [-0.4, -0.2) is 66.7 Å². The van der Waals surface area contributed by atoms with Crippen LogP contribution >= 0.6 is 0 Å². The van der Waals surface area contributed by atoms with Crippen molar-refractivity contribution >= 4 is 11.9 Å². The van der Waals surface area contributed by atoms with E-state index in [1.54, 1.807) is 7.05 Å². The molecule has 0 aromatic rings. The lowest BCUT2D eigenvalue weighted by Gasteiger charge is -2.37. The average molecular weight is 302 g/mol. The van der Waals surface area contributed by atoms with Gasteiger partial charge in [-0.3, -0.25) is 0 Å². The SMILES string of the molecule is CN[C@H]1[C@H]2O[C@@](C[C@H](N)C(=O)[O-])(C(=O)[O-])C[C@H]2OC[C@H]1O. The first-order valence-electron chi connectivity index (χ1n) is 6.63. The van der Waals surface area contributed by atoms with Crippen LogP contribution in [0, 0.1) is 0 Å². The number of rotatable bonds is 5. The van der Waals surface area contributed by atoms with Gasteiger partial charge in [0, 0.05) is 18.9 Å². The van der Waals surface area contributed by atoms with Crippen LogP contribution in [0.4, 0.5) is 0 Å². The number of hydrogen-bond donors (Lipinski definition) is 3. The van der Waals surface area contributed by atoms with Crippen LogP contribution in [0.5, 0.6) is 0 Å². The highest BCUT2D eigenvalue weighted by atomic mass is 16.6. The van der Waals surface area contributed by atoms with Gasteiger partial charge in [0.25, 0.3) is 0 Å². The van der Waals surface area contributed by atoms with Crippen molar-refractivity contribution in [3.8, 4) is 0 Å². The van der Waals surface area contributed by atoms with Gasteiger partial charge < -0.3 is 45.4 Å². The summed E-state index contributed by atoms with van der Waals surface area (Å²) < 4.78 is 10.9. The largest absolute Gasteiger partial charge is 0.548 e. The van der Waals surface area contributed by atoms with E-state index in [0.29, 0.717) is 0 Å². The van der Waals surface area contributed by atoms with Crippen molar-refractivity contribution in [2.24, 2.45) is 5.73 Å². The van der Waals surface area contributed by atoms with Crippen LogP contribution in [0.1, 0.15) is 12.8 Å². The van der Waals surface area contributed by atoms with Gasteiger partial charge in [0.1, 0.15) is 11.7 Å². The maximum absolute atomic E-state index is 11.5. The number of aliphatic hydroxyl groups excluding tert-OH is 1. The number of likely N-dealkylation sites (N-methyl/N-ethyl adjacent to an activating group) is 1. The van der Waals surface area contributed by atoms with Gasteiger partial charge >= 0.3 is 0 Å². The summed E-state index contributed by atoms with van der Waals surface area (Å²) in [4.78, 5) is 22.2. The first-order valence-corrected chi connectivity index (χ1v) is 6.63. The van der Waals surface area contributed by atoms with Crippen molar-refractivity contribution in [1.82, 2.24) is 5.32 Å². The molecule has 0 unspecified atom stereocenters. The molecule has 0 bridgehead atoms. The molecule has 6 atom stereocenters. The summed E-state index contributed by atoms with van der Waals surface area (Å²) in [5, 5.41) is 34.9. The number of carboxylic acids is 2. The summed E-state index contributed by atoms with van der Waals surface area (Å²) in [5.41, 5.74) is 3.50. The second-order valence-electron chi connectivity index (χ2n) is 5.45. The molecule has 2 saturated heterocycles. The monoisotopic (exact) mass is 302 g/mol. The zero-order valence-electron chi connectivity index (χ0n) is 11.5. The van der Waals surface area contributed by atoms with E-state index in [4.69, 9.17) is 15.2 Å². The van der Waals surface area contributed by atoms with Gasteiger partial charge in [0.2, 0.25) is 0 Å². The molecule has 9 nitrogen and oxygen atoms in total. The summed E-state index contributed by atoms with van der Waals surface area (Å²) in [6.45, 7) is 0.0334. The van der Waals surface area contributed by atoms with Crippen molar-refractivity contribution in [2.45, 2.75) is 48.8 Å². The molecule has 2 fully saturated rings. The number of ether oxygens (including phenoxy) is 2. The highest BCUT2D eigenvalue weighted by Crippen LogP contribution is 2.39. The molecule has 0 amide bonds. The molecule has 120 valence electrons. The number of carboxylic acid groups (broad SMARTS) is 2. The molecular formula is C12H18N2O7-2. The summed E-state index contributed by atoms with van der Waals surface area (Å²) in [5.74, 6) is -3.12. The predicted octanol–water partition coefficient (Wildman–Crippen LogP) is -4.92. The number of hydrogen-bond acceptors (Lipinski definition) is 9. The van der Waals surface area contributed by atoms with Gasteiger partial charge in [0.05, 0.1) is 36.8 Å². The minimum Gasteiger partial charge on any atom is -0.548 e. The topological polar surface area (TPSA) is 157 Å². The first-order chi connectivity index (χ1) is 9.80. The fourth-order valence-electron chi connectivity index (χ4n) is 2.97. The Labute approximate surface area is 121 Å². The van der Waals surface area contributed by atoms with E-state index in [2.05, 4.69) is 5.32 Å². The van der Waals surface area contributed by atoms with Crippen LogP contribution in [0.15, 0.2) is 0 Å². The predicted molar refractivity (Wildman–Crippen MR) is 63.4 cm³/mol. The summed E-state index contributed by atoms with van der Waals surface area (Å²) in [6, 6.07) is -2.02. The minimum absolute atomic E-state index is 0.0334. The Hall–Kier alpha value is -1.26. The van der Waals surface area contributed by atoms with Gasteiger partial charge in [-0.2, -0.15) is 0 Å². The van der Waals surface area contributed by atoms with Crippen LogP contribution in [0.3, 0.4) is 0 Å². The summed E-state index contributed by atoms with van der Waals surface area (Å²) in [7, 11) is 1.60. The van der Waals surface area contributed by atoms with E-state index in [0.717, 1.165) is 0 Å². The molecule has 2 rings (SSSR count). The minimum atomic E-state index is -1.87. The van der Waals surface area contributed by atoms with Crippen molar-refractivity contribution in [3.63, 3.8) is 0 Å². The molecule has 0 aromatic heterocycles. The molecule has 2 aliphatic rings. The lowest BCUT2D eigenvalue weighted by molar-refractivity contribution is -0.329. The molecule has 0 aromatic carbocycles. The van der Waals surface area contributed by atoms with E-state index in [-0.39, 0.29) is 13.0 Å². The zero-order valence-corrected chi connectivity index (χ0v) is 11.5. The van der Waals surface area contributed by atoms with Crippen LogP contribution in [-0.2, 0) is 19.1 Å². The van der Waals surface area contributed by atoms with Gasteiger partial charge in [-0.05, 0) is 7.05 Å². The lowest BCUT2D eigenvalue weighted by Crippen LogP contribution is -2.58. The van der Waals surface area contributed by atoms with Crippen molar-refractivity contribution < 1.29 is 34.4 Å². The second kappa shape index (κ2) is 5.85. The molecule has 0 spiro atoms. The number of carbonyl (C=O) groups excluding carboxylic acids is 2. The maximum atomic E-state index is 11.5. The molecule has 21 heavy (non-hydrogen) atoms. The van der Waals surface area contributed by atoms with E-state index >= 15 is 0 Å². The zero-order chi connectivity index (χ0) is 15.8. The number of nitrogens with two attached hydrogens (primary N) is 1. The lowest BCUT2D eigenvalue weighted by atomic mass is 9.89. The Bertz CT molecular complexity index is 432. The van der Waals surface area contributed by atoms with Crippen LogP contribution in [0.2, 0.25) is 0 Å². The number of aliphatic hydroxyl groups is 1. The van der Waals surface area contributed by atoms with Crippen molar-refractivity contribution in [2.75, 3.05) is 13.7 Å². The third kappa shape index (κ3) is 2.87. The van der Waals surface area contributed by atoms with Crippen LogP contribution in [0.25, 0.3) is 0 Å². The highest BCUT2D eigenvalue weighted by molar-refractivity contribution is 5.78. The smallest absolute Gasteiger partial charge is 0.112 e. The third-order valence-electron chi connectivity index (χ3n) is 4.07. The number of carbonyl (C=O) groups is 2. The number of fused-ring (bicyclic) bond motifs is 1. The van der Waals surface area contributed by atoms with E-state index in [9.17, 15) is 24.9 Å². The molecule has 2 heterocycles. The normalized spacial score (nSPS) is 40.5. The molecule has 0 aliphatic carbocycles. The van der Waals surface area contributed by atoms with Gasteiger partial charge in [-0.25, -0.2) is 0 Å². The summed E-state index contributed by atoms with van der Waals surface area (Å²) in [6.07, 6.45) is -2.75. The Balaban J connectivity index is 2.22. The summed E-state index contributed by atoms with van der Waals surface area (Å²) >= 11 is 0. The van der Waals surface area contributed by atoms with Gasteiger partial charge in [-0.1, -0.05) is 0 Å². The van der Waals surface area contributed by atoms with E-state index in [1.165, 1.54) is 0 Å². The molecule has 4 N–H and O–H groups in total. The Kier molecular flexibility index (Phi) is 4.49. The highest BCUT2D eigenvalue weighted by Gasteiger charge is 2.54. The molecule has 0 saturated carbocycles. The Morgan fingerprint density at radius 2 is 2.19 bits per heavy atom.